The number of nitrogens with zero attached hydrogens (tertiary/aromatic N) is 4. The molecule has 1 amide bonds. The number of tetrazole rings is 1. The van der Waals surface area contributed by atoms with Gasteiger partial charge in [0.25, 0.3) is 0 Å². The Morgan fingerprint density at radius 3 is 2.85 bits per heavy atom. The molecule has 2 aromatic rings. The molecule has 1 aromatic heterocycles. The Bertz CT molecular complexity index is 770. The second kappa shape index (κ2) is 9.54. The van der Waals surface area contributed by atoms with Gasteiger partial charge in [-0.2, -0.15) is 4.68 Å². The molecule has 1 aromatic carbocycles. The van der Waals surface area contributed by atoms with Crippen LogP contribution in [0, 0.1) is 5.92 Å². The molecule has 1 N–H and O–H groups in total. The number of rotatable bonds is 8. The Balaban J connectivity index is 2.02. The fourth-order valence-corrected chi connectivity index (χ4v) is 3.07. The predicted octanol–water partition coefficient (Wildman–Crippen LogP) is 2.11. The second-order valence-corrected chi connectivity index (χ2v) is 6.97. The summed E-state index contributed by atoms with van der Waals surface area (Å²) < 4.78 is 6.26. The lowest BCUT2D eigenvalue weighted by Crippen LogP contribution is -2.46. The van der Waals surface area contributed by atoms with E-state index in [0.717, 1.165) is 18.2 Å². The Morgan fingerprint density at radius 1 is 1.42 bits per heavy atom. The van der Waals surface area contributed by atoms with E-state index in [-0.39, 0.29) is 17.6 Å². The van der Waals surface area contributed by atoms with Crippen LogP contribution in [0.1, 0.15) is 20.3 Å². The maximum atomic E-state index is 12.3. The topological polar surface area (TPSA) is 99.0 Å². The normalized spacial score (nSPS) is 13.1. The summed E-state index contributed by atoms with van der Waals surface area (Å²) in [6, 6.07) is 6.38. The molecule has 2 atom stereocenters. The molecule has 8 nitrogen and oxygen atoms in total. The summed E-state index contributed by atoms with van der Waals surface area (Å²) in [6.07, 6.45) is 0.736. The number of halogens is 1. The molecule has 26 heavy (non-hydrogen) atoms. The van der Waals surface area contributed by atoms with Gasteiger partial charge in [0.1, 0.15) is 6.04 Å². The highest BCUT2D eigenvalue weighted by Crippen LogP contribution is 2.20. The third-order valence-electron chi connectivity index (χ3n) is 3.81. The van der Waals surface area contributed by atoms with Crippen molar-refractivity contribution in [2.24, 2.45) is 5.92 Å². The summed E-state index contributed by atoms with van der Waals surface area (Å²) in [5.41, 5.74) is 0.692. The average Bonchev–Trinajstić information content (AvgIpc) is 3.11. The van der Waals surface area contributed by atoms with Gasteiger partial charge in [0, 0.05) is 5.02 Å². The van der Waals surface area contributed by atoms with Crippen molar-refractivity contribution in [1.29, 1.82) is 0 Å². The average molecular weight is 398 g/mol. The van der Waals surface area contributed by atoms with Crippen LogP contribution in [0.25, 0.3) is 5.69 Å². The zero-order chi connectivity index (χ0) is 19.1. The van der Waals surface area contributed by atoms with Gasteiger partial charge < -0.3 is 10.1 Å². The van der Waals surface area contributed by atoms with Crippen molar-refractivity contribution in [1.82, 2.24) is 25.5 Å². The molecule has 1 heterocycles. The smallest absolute Gasteiger partial charge is 0.328 e. The standard InChI is InChI=1S/C16H20ClN5O3S/c1-4-10(2)14(15(24)25-3)18-13(23)9-26-16-19-20-21-22(16)12-7-5-6-11(17)8-12/h5-8,10,14H,4,9H2,1-3H3,(H,18,23)/t10-,14+/m1/s1. The minimum Gasteiger partial charge on any atom is -0.467 e. The van der Waals surface area contributed by atoms with Crippen molar-refractivity contribution in [2.75, 3.05) is 12.9 Å². The van der Waals surface area contributed by atoms with Crippen LogP contribution in [0.15, 0.2) is 29.4 Å². The van der Waals surface area contributed by atoms with Crippen molar-refractivity contribution in [3.63, 3.8) is 0 Å². The molecule has 0 aliphatic rings. The van der Waals surface area contributed by atoms with E-state index >= 15 is 0 Å². The molecule has 0 bridgehead atoms. The number of carbonyl (C=O) groups excluding carboxylic acids is 2. The monoisotopic (exact) mass is 397 g/mol. The number of aromatic nitrogens is 4. The molecule has 0 spiro atoms. The number of hydrogen-bond acceptors (Lipinski definition) is 7. The Kier molecular flexibility index (Phi) is 7.40. The molecule has 10 heteroatoms. The van der Waals surface area contributed by atoms with Crippen LogP contribution >= 0.6 is 23.4 Å². The van der Waals surface area contributed by atoms with E-state index in [1.807, 2.05) is 19.9 Å². The van der Waals surface area contributed by atoms with Gasteiger partial charge in [-0.15, -0.1) is 5.10 Å². The van der Waals surface area contributed by atoms with Crippen molar-refractivity contribution in [3.8, 4) is 5.69 Å². The lowest BCUT2D eigenvalue weighted by molar-refractivity contribution is -0.146. The van der Waals surface area contributed by atoms with E-state index in [9.17, 15) is 9.59 Å². The number of methoxy groups -OCH3 is 1. The first-order chi connectivity index (χ1) is 12.5. The Hall–Kier alpha value is -2.13. The molecular formula is C16H20ClN5O3S. The van der Waals surface area contributed by atoms with E-state index in [1.54, 1.807) is 18.2 Å². The van der Waals surface area contributed by atoms with Crippen LogP contribution in [0.3, 0.4) is 0 Å². The minimum atomic E-state index is -0.679. The van der Waals surface area contributed by atoms with Gasteiger partial charge in [-0.3, -0.25) is 4.79 Å². The maximum Gasteiger partial charge on any atom is 0.328 e. The lowest BCUT2D eigenvalue weighted by atomic mass is 9.99. The van der Waals surface area contributed by atoms with Crippen LogP contribution in [0.5, 0.6) is 0 Å². The SMILES string of the molecule is CC[C@@H](C)[C@H](NC(=O)CSc1nnnn1-c1cccc(Cl)c1)C(=O)OC. The van der Waals surface area contributed by atoms with Crippen LogP contribution in [0.2, 0.25) is 5.02 Å². The third-order valence-corrected chi connectivity index (χ3v) is 4.97. The van der Waals surface area contributed by atoms with Gasteiger partial charge in [-0.05, 0) is 34.5 Å². The van der Waals surface area contributed by atoms with Gasteiger partial charge >= 0.3 is 5.97 Å². The van der Waals surface area contributed by atoms with Crippen LogP contribution < -0.4 is 5.32 Å². The number of carbonyl (C=O) groups is 2. The Morgan fingerprint density at radius 2 is 2.19 bits per heavy atom. The fraction of sp³-hybridized carbons (Fsp3) is 0.438. The summed E-state index contributed by atoms with van der Waals surface area (Å²) in [5, 5.41) is 15.2. The highest BCUT2D eigenvalue weighted by Gasteiger charge is 2.26. The molecule has 140 valence electrons. The van der Waals surface area contributed by atoms with Gasteiger partial charge in [0.15, 0.2) is 0 Å². The first-order valence-electron chi connectivity index (χ1n) is 8.00. The summed E-state index contributed by atoms with van der Waals surface area (Å²) in [6.45, 7) is 3.83. The van der Waals surface area contributed by atoms with Crippen LogP contribution in [0.4, 0.5) is 0 Å². The third kappa shape index (κ3) is 5.18. The number of hydrogen-bond donors (Lipinski definition) is 1. The van der Waals surface area contributed by atoms with E-state index in [1.165, 1.54) is 11.8 Å². The summed E-state index contributed by atoms with van der Waals surface area (Å²) in [5.74, 6) is -0.730. The molecule has 0 saturated carbocycles. The van der Waals surface area contributed by atoms with Crippen molar-refractivity contribution >= 4 is 35.2 Å². The highest BCUT2D eigenvalue weighted by molar-refractivity contribution is 7.99. The predicted molar refractivity (Wildman–Crippen MR) is 98.3 cm³/mol. The number of nitrogens with one attached hydrogen (secondary N) is 1. The number of amides is 1. The number of benzene rings is 1. The van der Waals surface area contributed by atoms with E-state index in [4.69, 9.17) is 16.3 Å². The quantitative estimate of drug-likeness (QED) is 0.538. The van der Waals surface area contributed by atoms with Gasteiger partial charge in [-0.25, -0.2) is 4.79 Å². The highest BCUT2D eigenvalue weighted by atomic mass is 35.5. The first-order valence-corrected chi connectivity index (χ1v) is 9.37. The van der Waals surface area contributed by atoms with Crippen molar-refractivity contribution in [2.45, 2.75) is 31.5 Å². The van der Waals surface area contributed by atoms with Crippen molar-refractivity contribution < 1.29 is 14.3 Å². The summed E-state index contributed by atoms with van der Waals surface area (Å²) >= 11 is 7.15. The second-order valence-electron chi connectivity index (χ2n) is 5.60. The van der Waals surface area contributed by atoms with E-state index in [0.29, 0.717) is 15.9 Å². The van der Waals surface area contributed by atoms with Crippen molar-refractivity contribution in [3.05, 3.63) is 29.3 Å². The van der Waals surface area contributed by atoms with E-state index in [2.05, 4.69) is 20.8 Å². The molecule has 0 aliphatic carbocycles. The van der Waals surface area contributed by atoms with Crippen LogP contribution in [-0.4, -0.2) is 51.0 Å². The molecular weight excluding hydrogens is 378 g/mol. The number of ether oxygens (including phenoxy) is 1. The van der Waals surface area contributed by atoms with Gasteiger partial charge in [0.05, 0.1) is 18.6 Å². The first kappa shape index (κ1) is 20.2. The largest absolute Gasteiger partial charge is 0.467 e. The molecule has 2 rings (SSSR count). The maximum absolute atomic E-state index is 12.3. The minimum absolute atomic E-state index is 0.0341. The zero-order valence-corrected chi connectivity index (χ0v) is 16.3. The fourth-order valence-electron chi connectivity index (χ4n) is 2.18. The zero-order valence-electron chi connectivity index (χ0n) is 14.7. The molecule has 0 radical (unpaired) electrons. The summed E-state index contributed by atoms with van der Waals surface area (Å²) in [4.78, 5) is 24.1. The van der Waals surface area contributed by atoms with E-state index < -0.39 is 12.0 Å². The van der Waals surface area contributed by atoms with Gasteiger partial charge in [0.2, 0.25) is 11.1 Å². The number of esters is 1. The molecule has 0 aliphatic heterocycles. The number of thioether (sulfide) groups is 1. The molecule has 0 saturated heterocycles. The molecule has 0 unspecified atom stereocenters. The van der Waals surface area contributed by atoms with Gasteiger partial charge in [-0.1, -0.05) is 49.7 Å². The van der Waals surface area contributed by atoms with Crippen LogP contribution in [-0.2, 0) is 14.3 Å². The molecule has 0 fully saturated rings. The Labute approximate surface area is 160 Å². The summed E-state index contributed by atoms with van der Waals surface area (Å²) in [7, 11) is 1.30. The lowest BCUT2D eigenvalue weighted by Gasteiger charge is -2.21.